The van der Waals surface area contributed by atoms with Crippen molar-refractivity contribution in [3.63, 3.8) is 0 Å². The summed E-state index contributed by atoms with van der Waals surface area (Å²) in [5, 5.41) is 3.84. The van der Waals surface area contributed by atoms with Crippen LogP contribution in [0.25, 0.3) is 0 Å². The lowest BCUT2D eigenvalue weighted by Crippen LogP contribution is -2.25. The first kappa shape index (κ1) is 15.4. The van der Waals surface area contributed by atoms with Gasteiger partial charge in [0.2, 0.25) is 5.91 Å². The number of nitrogens with one attached hydrogen (secondary N) is 1. The van der Waals surface area contributed by atoms with Crippen molar-refractivity contribution >= 4 is 29.1 Å². The third kappa shape index (κ3) is 2.99. The Labute approximate surface area is 138 Å². The van der Waals surface area contributed by atoms with Crippen molar-refractivity contribution in [2.75, 3.05) is 0 Å². The molecule has 0 aliphatic heterocycles. The van der Waals surface area contributed by atoms with Crippen LogP contribution in [0.1, 0.15) is 23.6 Å². The summed E-state index contributed by atoms with van der Waals surface area (Å²) in [6.45, 7) is 0.383. The molecule has 0 saturated heterocycles. The van der Waals surface area contributed by atoms with E-state index in [1.54, 1.807) is 29.8 Å². The van der Waals surface area contributed by atoms with Gasteiger partial charge in [-0.25, -0.2) is 4.39 Å². The van der Waals surface area contributed by atoms with E-state index in [2.05, 4.69) is 5.32 Å². The first-order valence-electron chi connectivity index (χ1n) is 7.00. The zero-order valence-corrected chi connectivity index (χ0v) is 13.5. The minimum atomic E-state index is -0.261. The van der Waals surface area contributed by atoms with Crippen molar-refractivity contribution in [2.24, 2.45) is 13.0 Å². The monoisotopic (exact) mass is 340 g/mol. The van der Waals surface area contributed by atoms with Gasteiger partial charge in [0.05, 0.1) is 11.6 Å². The fraction of sp³-hybridized carbons (Fsp3) is 0.312. The molecule has 1 aliphatic rings. The molecule has 22 heavy (non-hydrogen) atoms. The summed E-state index contributed by atoms with van der Waals surface area (Å²) in [6.07, 6.45) is 0.798. The molecule has 6 heteroatoms. The highest BCUT2D eigenvalue weighted by atomic mass is 35.5. The molecule has 0 radical (unpaired) electrons. The molecule has 1 aliphatic carbocycles. The second-order valence-corrected chi connectivity index (χ2v) is 6.32. The van der Waals surface area contributed by atoms with Gasteiger partial charge >= 0.3 is 0 Å². The van der Waals surface area contributed by atoms with E-state index in [1.165, 1.54) is 12.1 Å². The average Bonchev–Trinajstić information content (AvgIpc) is 3.26. The highest BCUT2D eigenvalue weighted by Crippen LogP contribution is 2.47. The van der Waals surface area contributed by atoms with Gasteiger partial charge in [-0.15, -0.1) is 0 Å². The number of amides is 1. The highest BCUT2D eigenvalue weighted by molar-refractivity contribution is 6.41. The van der Waals surface area contributed by atoms with Crippen LogP contribution in [-0.2, 0) is 18.4 Å². The lowest BCUT2D eigenvalue weighted by atomic mass is 10.1. The Morgan fingerprint density at radius 3 is 2.64 bits per heavy atom. The number of benzene rings is 1. The second-order valence-electron chi connectivity index (χ2n) is 5.55. The SMILES string of the molecule is Cn1c(CNC(=O)[C@@H]2C[C@H]2c2ccc(F)cc2)cc(Cl)c1Cl. The normalized spacial score (nSPS) is 20.0. The third-order valence-corrected chi connectivity index (χ3v) is 4.93. The third-order valence-electron chi connectivity index (χ3n) is 4.08. The van der Waals surface area contributed by atoms with Crippen LogP contribution in [0.4, 0.5) is 4.39 Å². The minimum absolute atomic E-state index is 0.00256. The number of rotatable bonds is 4. The second kappa shape index (κ2) is 5.94. The van der Waals surface area contributed by atoms with Crippen LogP contribution in [0.3, 0.4) is 0 Å². The molecule has 3 nitrogen and oxygen atoms in total. The molecule has 1 saturated carbocycles. The quantitative estimate of drug-likeness (QED) is 0.899. The highest BCUT2D eigenvalue weighted by Gasteiger charge is 2.43. The Kier molecular flexibility index (Phi) is 4.15. The standard InChI is InChI=1S/C16H15Cl2FN2O/c1-21-11(6-14(17)15(21)18)8-20-16(22)13-7-12(13)9-2-4-10(19)5-3-9/h2-6,12-13H,7-8H2,1H3,(H,20,22)/t12-,13+/m0/s1. The van der Waals surface area contributed by atoms with E-state index < -0.39 is 0 Å². The largest absolute Gasteiger partial charge is 0.350 e. The lowest BCUT2D eigenvalue weighted by Gasteiger charge is -2.07. The molecule has 3 rings (SSSR count). The lowest BCUT2D eigenvalue weighted by molar-refractivity contribution is -0.122. The van der Waals surface area contributed by atoms with E-state index in [4.69, 9.17) is 23.2 Å². The summed E-state index contributed by atoms with van der Waals surface area (Å²) < 4.78 is 14.6. The van der Waals surface area contributed by atoms with Crippen LogP contribution in [0.5, 0.6) is 0 Å². The Balaban J connectivity index is 1.57. The number of nitrogens with zero attached hydrogens (tertiary/aromatic N) is 1. The average molecular weight is 341 g/mol. The van der Waals surface area contributed by atoms with E-state index in [-0.39, 0.29) is 23.6 Å². The first-order valence-corrected chi connectivity index (χ1v) is 7.75. The first-order chi connectivity index (χ1) is 10.5. The summed E-state index contributed by atoms with van der Waals surface area (Å²) in [5.41, 5.74) is 1.86. The number of carbonyl (C=O) groups excluding carboxylic acids is 1. The predicted molar refractivity (Wildman–Crippen MR) is 84.5 cm³/mol. The number of carbonyl (C=O) groups is 1. The predicted octanol–water partition coefficient (Wildman–Crippen LogP) is 3.89. The van der Waals surface area contributed by atoms with Crippen molar-refractivity contribution in [1.29, 1.82) is 0 Å². The van der Waals surface area contributed by atoms with Crippen molar-refractivity contribution < 1.29 is 9.18 Å². The molecule has 1 N–H and O–H groups in total. The summed E-state index contributed by atoms with van der Waals surface area (Å²) in [6, 6.07) is 8.08. The van der Waals surface area contributed by atoms with Crippen LogP contribution in [0.2, 0.25) is 10.2 Å². The topological polar surface area (TPSA) is 34.0 Å². The van der Waals surface area contributed by atoms with Crippen LogP contribution in [0, 0.1) is 11.7 Å². The van der Waals surface area contributed by atoms with E-state index in [0.29, 0.717) is 16.7 Å². The molecular weight excluding hydrogens is 326 g/mol. The van der Waals surface area contributed by atoms with Crippen molar-refractivity contribution in [3.8, 4) is 0 Å². The maximum atomic E-state index is 12.9. The molecule has 2 atom stereocenters. The summed E-state index contributed by atoms with van der Waals surface area (Å²) in [4.78, 5) is 12.2. The van der Waals surface area contributed by atoms with Gasteiger partial charge in [-0.05, 0) is 36.1 Å². The molecule has 1 fully saturated rings. The molecule has 116 valence electrons. The van der Waals surface area contributed by atoms with Gasteiger partial charge in [0.15, 0.2) is 0 Å². The van der Waals surface area contributed by atoms with Gasteiger partial charge in [0.25, 0.3) is 0 Å². The Morgan fingerprint density at radius 2 is 2.05 bits per heavy atom. The molecule has 1 aromatic heterocycles. The molecule has 0 unspecified atom stereocenters. The number of hydrogen-bond acceptors (Lipinski definition) is 1. The molecule has 1 heterocycles. The zero-order chi connectivity index (χ0) is 15.9. The van der Waals surface area contributed by atoms with Crippen LogP contribution in [-0.4, -0.2) is 10.5 Å². The van der Waals surface area contributed by atoms with Gasteiger partial charge in [-0.1, -0.05) is 35.3 Å². The Bertz CT molecular complexity index is 712. The summed E-state index contributed by atoms with van der Waals surface area (Å²) >= 11 is 11.9. The maximum Gasteiger partial charge on any atom is 0.224 e. The van der Waals surface area contributed by atoms with Crippen LogP contribution in [0.15, 0.2) is 30.3 Å². The van der Waals surface area contributed by atoms with Crippen LogP contribution < -0.4 is 5.32 Å². The number of aromatic nitrogens is 1. The van der Waals surface area contributed by atoms with Gasteiger partial charge in [-0.2, -0.15) is 0 Å². The van der Waals surface area contributed by atoms with Gasteiger partial charge in [0, 0.05) is 18.7 Å². The number of hydrogen-bond donors (Lipinski definition) is 1. The molecule has 1 aromatic carbocycles. The summed E-state index contributed by atoms with van der Waals surface area (Å²) in [7, 11) is 1.80. The smallest absolute Gasteiger partial charge is 0.224 e. The van der Waals surface area contributed by atoms with Crippen molar-refractivity contribution in [3.05, 3.63) is 57.6 Å². The van der Waals surface area contributed by atoms with E-state index in [0.717, 1.165) is 17.7 Å². The van der Waals surface area contributed by atoms with Crippen molar-refractivity contribution in [2.45, 2.75) is 18.9 Å². The fourth-order valence-electron chi connectivity index (χ4n) is 2.63. The molecular formula is C16H15Cl2FN2O. The van der Waals surface area contributed by atoms with E-state index in [1.807, 2.05) is 0 Å². The Morgan fingerprint density at radius 1 is 1.36 bits per heavy atom. The number of halogens is 3. The maximum absolute atomic E-state index is 12.9. The summed E-state index contributed by atoms with van der Waals surface area (Å²) in [5.74, 6) is -0.122. The van der Waals surface area contributed by atoms with Crippen LogP contribution >= 0.6 is 23.2 Å². The Hall–Kier alpha value is -1.52. The molecule has 1 amide bonds. The van der Waals surface area contributed by atoms with E-state index >= 15 is 0 Å². The van der Waals surface area contributed by atoms with Gasteiger partial charge in [-0.3, -0.25) is 4.79 Å². The minimum Gasteiger partial charge on any atom is -0.350 e. The zero-order valence-electron chi connectivity index (χ0n) is 11.9. The molecule has 2 aromatic rings. The molecule has 0 spiro atoms. The fourth-order valence-corrected chi connectivity index (χ4v) is 3.05. The van der Waals surface area contributed by atoms with E-state index in [9.17, 15) is 9.18 Å². The van der Waals surface area contributed by atoms with Gasteiger partial charge < -0.3 is 9.88 Å². The molecule has 0 bridgehead atoms. The van der Waals surface area contributed by atoms with Crippen molar-refractivity contribution in [1.82, 2.24) is 9.88 Å². The van der Waals surface area contributed by atoms with Gasteiger partial charge in [0.1, 0.15) is 11.0 Å².